The molecule has 0 nitrogen and oxygen atoms in total. The summed E-state index contributed by atoms with van der Waals surface area (Å²) in [5.74, 6) is 0. The van der Waals surface area contributed by atoms with Crippen molar-refractivity contribution >= 4 is 6.06 Å². The van der Waals surface area contributed by atoms with E-state index in [1.807, 2.05) is 0 Å². The van der Waals surface area contributed by atoms with E-state index in [0.717, 1.165) is 6.92 Å². The summed E-state index contributed by atoms with van der Waals surface area (Å²) < 4.78 is 37.3. The first-order valence-electron chi connectivity index (χ1n) is 1.92. The van der Waals surface area contributed by atoms with Gasteiger partial charge in [-0.1, -0.05) is 0 Å². The van der Waals surface area contributed by atoms with Gasteiger partial charge in [-0.2, -0.15) is 0 Å². The maximum absolute atomic E-state index is 11.4. The van der Waals surface area contributed by atoms with Crippen molar-refractivity contribution in [3.63, 3.8) is 0 Å². The molecule has 0 aromatic rings. The van der Waals surface area contributed by atoms with Crippen LogP contribution in [0, 0.1) is 26.7 Å². The molecule has 0 aromatic heterocycles. The van der Waals surface area contributed by atoms with E-state index in [4.69, 9.17) is 0 Å². The Hall–Kier alpha value is 0.582. The van der Waals surface area contributed by atoms with Crippen molar-refractivity contribution < 1.29 is 39.9 Å². The fourth-order valence-corrected chi connectivity index (χ4v) is 0.935. The molecule has 0 amide bonds. The van der Waals surface area contributed by atoms with Gasteiger partial charge in [-0.25, -0.2) is 0 Å². The van der Waals surface area contributed by atoms with Crippen molar-refractivity contribution in [3.05, 3.63) is 0 Å². The van der Waals surface area contributed by atoms with Gasteiger partial charge in [-0.05, 0) is 0 Å². The van der Waals surface area contributed by atoms with Gasteiger partial charge in [-0.15, -0.1) is 0 Å². The van der Waals surface area contributed by atoms with Crippen LogP contribution in [0.1, 0.15) is 6.92 Å². The van der Waals surface area contributed by atoms with Crippen LogP contribution < -0.4 is 0 Å². The Bertz CT molecular complexity index is 129. The molecule has 0 aromatic carbocycles. The van der Waals surface area contributed by atoms with Gasteiger partial charge < -0.3 is 0 Å². The number of hydrogen-bond acceptors (Lipinski definition) is 0. The number of halogens is 3. The molecule has 4 heteroatoms. The van der Waals surface area contributed by atoms with Crippen LogP contribution in [-0.4, -0.2) is 12.2 Å². The van der Waals surface area contributed by atoms with Crippen molar-refractivity contribution in [1.82, 2.24) is 0 Å². The van der Waals surface area contributed by atoms with Crippen molar-refractivity contribution in [2.75, 3.05) is 0 Å². The Morgan fingerprint density at radius 3 is 1.88 bits per heavy atom. The Kier molecular flexibility index (Phi) is 3.15. The molecule has 0 heterocycles. The first-order valence-corrected chi connectivity index (χ1v) is 6.95. The summed E-state index contributed by atoms with van der Waals surface area (Å²) in [4.78, 5) is 0. The van der Waals surface area contributed by atoms with E-state index in [2.05, 4.69) is 3.53 Å². The molecular weight excluding hydrogens is 343 g/mol. The molecule has 0 unspecified atom stereocenters. The fourth-order valence-electron chi connectivity index (χ4n) is 0.100. The average molecular weight is 348 g/mol. The zero-order valence-corrected chi connectivity index (χ0v) is 8.50. The fraction of sp³-hybridized carbons (Fsp3) is 0.500. The molecule has 0 aliphatic rings. The van der Waals surface area contributed by atoms with E-state index >= 15 is 0 Å². The minimum atomic E-state index is -4.04. The van der Waals surface area contributed by atoms with E-state index in [1.165, 1.54) is 0 Å². The molecule has 0 spiro atoms. The quantitative estimate of drug-likeness (QED) is 0.619. The van der Waals surface area contributed by atoms with Gasteiger partial charge in [0.15, 0.2) is 0 Å². The average Bonchev–Trinajstić information content (AvgIpc) is 1.62. The third kappa shape index (κ3) is 2.78. The van der Waals surface area contributed by atoms with Crippen molar-refractivity contribution in [2.45, 2.75) is 13.1 Å². The van der Waals surface area contributed by atoms with Crippen LogP contribution in [0.15, 0.2) is 0 Å². The zero-order chi connectivity index (χ0) is 6.78. The molecule has 0 saturated heterocycles. The Balaban J connectivity index is 4.26. The molecule has 0 bridgehead atoms. The Morgan fingerprint density at radius 2 is 1.88 bits per heavy atom. The van der Waals surface area contributed by atoms with Crippen LogP contribution in [0.5, 0.6) is 0 Å². The molecule has 0 saturated carbocycles. The van der Waals surface area contributed by atoms with Crippen LogP contribution in [0.25, 0.3) is 0 Å². The van der Waals surface area contributed by atoms with Crippen molar-refractivity contribution in [1.29, 1.82) is 0 Å². The zero-order valence-electron chi connectivity index (χ0n) is 4.34. The van der Waals surface area contributed by atoms with Gasteiger partial charge in [-0.3, -0.25) is 0 Å². The second-order valence-electron chi connectivity index (χ2n) is 1.30. The van der Waals surface area contributed by atoms with Crippen molar-refractivity contribution in [2.24, 2.45) is 0 Å². The first-order chi connectivity index (χ1) is 3.48. The molecule has 0 aliphatic carbocycles. The van der Waals surface area contributed by atoms with Gasteiger partial charge in [0.05, 0.1) is 0 Å². The second-order valence-corrected chi connectivity index (χ2v) is 5.89. The van der Waals surface area contributed by atoms with Crippen LogP contribution >= 0.6 is 0 Å². The molecule has 46 valence electrons. The Morgan fingerprint density at radius 1 is 1.50 bits per heavy atom. The monoisotopic (exact) mass is 348 g/mol. The number of rotatable bonds is 0. The molecular formula is C4H5F3U. The summed E-state index contributed by atoms with van der Waals surface area (Å²) in [6, 6.07) is 0. The summed E-state index contributed by atoms with van der Waals surface area (Å²) in [6.07, 6.45) is -4.04. The number of alkyl halides is 3. The van der Waals surface area contributed by atoms with Crippen LogP contribution in [-0.2, 0) is 0 Å². The second kappa shape index (κ2) is 2.93. The van der Waals surface area contributed by atoms with E-state index in [0.29, 0.717) is 0 Å². The Labute approximate surface area is 59.0 Å². The summed E-state index contributed by atoms with van der Waals surface area (Å²) in [5.41, 5.74) is 0. The molecule has 0 fully saturated rings. The third-order valence-electron chi connectivity index (χ3n) is 0.690. The van der Waals surface area contributed by atoms with Crippen molar-refractivity contribution in [3.8, 4) is 0 Å². The van der Waals surface area contributed by atoms with E-state index in [9.17, 15) is 13.2 Å². The van der Waals surface area contributed by atoms with E-state index < -0.39 is 32.9 Å². The van der Waals surface area contributed by atoms with E-state index in [1.54, 1.807) is 0 Å². The molecule has 0 aliphatic heterocycles. The normalized spacial score (nSPS) is 10.5. The van der Waals surface area contributed by atoms with Crippen LogP contribution in [0.3, 0.4) is 0 Å². The summed E-state index contributed by atoms with van der Waals surface area (Å²) in [6.45, 7) is 1.13. The van der Waals surface area contributed by atoms with Gasteiger partial charge in [0.2, 0.25) is 0 Å². The molecule has 0 rings (SSSR count). The topological polar surface area (TPSA) is 0 Å². The van der Waals surface area contributed by atoms with E-state index in [-0.39, 0.29) is 2.52 Å². The molecule has 0 radical (unpaired) electrons. The minimum absolute atomic E-state index is 0.321. The summed E-state index contributed by atoms with van der Waals surface area (Å²) in [7, 11) is 0. The van der Waals surface area contributed by atoms with Crippen LogP contribution in [0.4, 0.5) is 13.2 Å². The molecule has 0 atom stereocenters. The van der Waals surface area contributed by atoms with Gasteiger partial charge in [0.1, 0.15) is 0 Å². The SMILES string of the molecule is [CH2]=[U]=[C](C)C(F)(F)F. The number of hydrogen-bond donors (Lipinski definition) is 0. The van der Waals surface area contributed by atoms with Crippen LogP contribution in [0.2, 0.25) is 0 Å². The summed E-state index contributed by atoms with van der Waals surface area (Å²) in [5, 5.41) is 0. The maximum atomic E-state index is 11.4. The molecule has 0 N–H and O–H groups in total. The van der Waals surface area contributed by atoms with Gasteiger partial charge in [0, 0.05) is 0 Å². The van der Waals surface area contributed by atoms with Gasteiger partial charge >= 0.3 is 59.1 Å². The standard InChI is InChI=1S/C3H3F3.CH2.U/c1-2-3(4,5)6;;/h1H3;1H2;. The first kappa shape index (κ1) is 8.58. The predicted octanol–water partition coefficient (Wildman–Crippen LogP) is 1.26. The third-order valence-corrected chi connectivity index (χ3v) is 4.08. The predicted molar refractivity (Wildman–Crippen MR) is 23.9 cm³/mol. The summed E-state index contributed by atoms with van der Waals surface area (Å²) >= 11 is -1.76. The van der Waals surface area contributed by atoms with Gasteiger partial charge in [0.25, 0.3) is 0 Å². The molecule has 8 heavy (non-hydrogen) atoms.